The van der Waals surface area contributed by atoms with Gasteiger partial charge in [0.05, 0.1) is 4.91 Å². The van der Waals surface area contributed by atoms with Crippen molar-refractivity contribution in [2.24, 2.45) is 0 Å². The number of rotatable bonds is 4. The number of carbonyl (C=O) groups is 3. The molecule has 6 nitrogen and oxygen atoms in total. The predicted octanol–water partition coefficient (Wildman–Crippen LogP) is 6.01. The molecule has 1 saturated heterocycles. The van der Waals surface area contributed by atoms with Gasteiger partial charge in [0, 0.05) is 30.2 Å². The second-order valence-electron chi connectivity index (χ2n) is 11.1. The number of thioether (sulfide) groups is 1. The van der Waals surface area contributed by atoms with Gasteiger partial charge in [0.25, 0.3) is 11.1 Å². The summed E-state index contributed by atoms with van der Waals surface area (Å²) in [6, 6.07) is 18.6. The fourth-order valence-corrected chi connectivity index (χ4v) is 5.99. The van der Waals surface area contributed by atoms with Crippen LogP contribution in [0.2, 0.25) is 0 Å². The molecule has 0 spiro atoms. The van der Waals surface area contributed by atoms with Crippen LogP contribution in [0.1, 0.15) is 54.4 Å². The Bertz CT molecular complexity index is 1460. The predicted molar refractivity (Wildman–Crippen MR) is 152 cm³/mol. The maximum Gasteiger partial charge on any atom is 0.294 e. The fraction of sp³-hybridized carbons (Fsp3) is 0.323. The minimum atomic E-state index is -0.412. The van der Waals surface area contributed by atoms with Gasteiger partial charge in [-0.1, -0.05) is 57.2 Å². The highest BCUT2D eigenvalue weighted by Gasteiger charge is 2.37. The van der Waals surface area contributed by atoms with Gasteiger partial charge >= 0.3 is 0 Å². The van der Waals surface area contributed by atoms with Crippen molar-refractivity contribution in [2.75, 3.05) is 13.1 Å². The van der Waals surface area contributed by atoms with Crippen LogP contribution in [0.4, 0.5) is 4.79 Å². The summed E-state index contributed by atoms with van der Waals surface area (Å²) in [7, 11) is 0. The number of imide groups is 1. The van der Waals surface area contributed by atoms with Gasteiger partial charge in [-0.25, -0.2) is 0 Å². The second-order valence-corrected chi connectivity index (χ2v) is 12.1. The summed E-state index contributed by atoms with van der Waals surface area (Å²) in [6.45, 7) is 11.5. The number of nitrogens with zero attached hydrogens (tertiary/aromatic N) is 3. The van der Waals surface area contributed by atoms with Gasteiger partial charge in [0.2, 0.25) is 5.91 Å². The first-order chi connectivity index (χ1) is 18.0. The van der Waals surface area contributed by atoms with Crippen LogP contribution >= 0.6 is 11.8 Å². The normalized spacial score (nSPS) is 16.9. The van der Waals surface area contributed by atoms with Crippen molar-refractivity contribution in [3.05, 3.63) is 93.1 Å². The lowest BCUT2D eigenvalue weighted by atomic mass is 9.87. The zero-order valence-corrected chi connectivity index (χ0v) is 23.4. The molecule has 3 heterocycles. The van der Waals surface area contributed by atoms with E-state index in [4.69, 9.17) is 0 Å². The van der Waals surface area contributed by atoms with Gasteiger partial charge in [-0.2, -0.15) is 0 Å². The summed E-state index contributed by atoms with van der Waals surface area (Å²) >= 11 is 0.897. The van der Waals surface area contributed by atoms with Crippen molar-refractivity contribution in [1.29, 1.82) is 0 Å². The van der Waals surface area contributed by atoms with Gasteiger partial charge in [0.1, 0.15) is 6.54 Å². The maximum atomic E-state index is 13.2. The summed E-state index contributed by atoms with van der Waals surface area (Å²) in [6.07, 6.45) is 2.55. The summed E-state index contributed by atoms with van der Waals surface area (Å²) in [5.74, 6) is -0.620. The molecule has 5 rings (SSSR count). The molecule has 196 valence electrons. The van der Waals surface area contributed by atoms with Crippen molar-refractivity contribution >= 4 is 34.9 Å². The number of fused-ring (bicyclic) bond motifs is 1. The van der Waals surface area contributed by atoms with Crippen molar-refractivity contribution in [3.63, 3.8) is 0 Å². The van der Waals surface area contributed by atoms with Crippen LogP contribution in [-0.2, 0) is 28.0 Å². The zero-order valence-electron chi connectivity index (χ0n) is 22.6. The highest BCUT2D eigenvalue weighted by atomic mass is 32.2. The average Bonchev–Trinajstić information content (AvgIpc) is 3.31. The van der Waals surface area contributed by atoms with Gasteiger partial charge < -0.3 is 9.47 Å². The number of hydrogen-bond donors (Lipinski definition) is 0. The molecule has 1 fully saturated rings. The fourth-order valence-electron chi connectivity index (χ4n) is 5.16. The Kier molecular flexibility index (Phi) is 6.82. The molecule has 2 aliphatic rings. The molecule has 3 aromatic rings. The van der Waals surface area contributed by atoms with Crippen molar-refractivity contribution in [3.8, 4) is 5.69 Å². The summed E-state index contributed by atoms with van der Waals surface area (Å²) in [4.78, 5) is 42.1. The highest BCUT2D eigenvalue weighted by Crippen LogP contribution is 2.34. The standard InChI is InChI=1S/C31H33N3O3S/c1-20-16-24(21(2)34(20)26-12-10-25(11-13-26)31(3,4)5)17-27-29(36)33(30(37)38-27)19-28(35)32-15-14-22-8-6-7-9-23(22)18-32/h6-13,16-17H,14-15,18-19H2,1-5H3/b27-17-. The van der Waals surface area contributed by atoms with Gasteiger partial charge in [-0.05, 0) is 84.0 Å². The second kappa shape index (κ2) is 9.95. The van der Waals surface area contributed by atoms with E-state index < -0.39 is 11.1 Å². The van der Waals surface area contributed by atoms with Crippen LogP contribution in [-0.4, -0.2) is 44.5 Å². The summed E-state index contributed by atoms with van der Waals surface area (Å²) < 4.78 is 2.15. The van der Waals surface area contributed by atoms with Crippen LogP contribution in [0.5, 0.6) is 0 Å². The molecule has 0 saturated carbocycles. The SMILES string of the molecule is Cc1cc(/C=C2\SC(=O)N(CC(=O)N3CCc4ccccc4C3)C2=O)c(C)n1-c1ccc(C(C)(C)C)cc1. The molecule has 2 aromatic carbocycles. The van der Waals surface area contributed by atoms with Gasteiger partial charge in [0.15, 0.2) is 0 Å². The van der Waals surface area contributed by atoms with Crippen LogP contribution < -0.4 is 0 Å². The first-order valence-corrected chi connectivity index (χ1v) is 13.7. The van der Waals surface area contributed by atoms with E-state index >= 15 is 0 Å². The molecule has 3 amide bonds. The van der Waals surface area contributed by atoms with E-state index in [9.17, 15) is 14.4 Å². The number of benzene rings is 2. The van der Waals surface area contributed by atoms with Crippen LogP contribution in [0.15, 0.2) is 59.5 Å². The average molecular weight is 528 g/mol. The lowest BCUT2D eigenvalue weighted by Gasteiger charge is -2.29. The number of aryl methyl sites for hydroxylation is 1. The lowest BCUT2D eigenvalue weighted by Crippen LogP contribution is -2.44. The van der Waals surface area contributed by atoms with Crippen molar-refractivity contribution < 1.29 is 14.4 Å². The van der Waals surface area contributed by atoms with Gasteiger partial charge in [-0.15, -0.1) is 0 Å². The van der Waals surface area contributed by atoms with Crippen LogP contribution in [0.25, 0.3) is 11.8 Å². The first kappa shape index (κ1) is 26.0. The molecular formula is C31H33N3O3S. The Morgan fingerprint density at radius 2 is 1.68 bits per heavy atom. The Morgan fingerprint density at radius 3 is 2.37 bits per heavy atom. The Morgan fingerprint density at radius 1 is 1.00 bits per heavy atom. The minimum Gasteiger partial charge on any atom is -0.336 e. The largest absolute Gasteiger partial charge is 0.336 e. The quantitative estimate of drug-likeness (QED) is 0.390. The van der Waals surface area contributed by atoms with E-state index in [2.05, 4.69) is 55.7 Å². The van der Waals surface area contributed by atoms with E-state index in [-0.39, 0.29) is 17.9 Å². The van der Waals surface area contributed by atoms with E-state index in [1.165, 1.54) is 11.1 Å². The third-order valence-corrected chi connectivity index (χ3v) is 8.31. The molecule has 2 aliphatic heterocycles. The molecule has 0 aliphatic carbocycles. The Balaban J connectivity index is 1.32. The smallest absolute Gasteiger partial charge is 0.294 e. The summed E-state index contributed by atoms with van der Waals surface area (Å²) in [5, 5.41) is -0.404. The molecule has 0 N–H and O–H groups in total. The van der Waals surface area contributed by atoms with Crippen LogP contribution in [0.3, 0.4) is 0 Å². The third-order valence-electron chi connectivity index (χ3n) is 7.40. The van der Waals surface area contributed by atoms with E-state index in [0.717, 1.165) is 51.3 Å². The molecule has 38 heavy (non-hydrogen) atoms. The minimum absolute atomic E-state index is 0.0766. The van der Waals surface area contributed by atoms with Crippen molar-refractivity contribution in [1.82, 2.24) is 14.4 Å². The highest BCUT2D eigenvalue weighted by molar-refractivity contribution is 8.18. The monoisotopic (exact) mass is 527 g/mol. The number of carbonyl (C=O) groups excluding carboxylic acids is 3. The zero-order chi connectivity index (χ0) is 27.2. The van der Waals surface area contributed by atoms with Crippen molar-refractivity contribution in [2.45, 2.75) is 53.0 Å². The number of hydrogen-bond acceptors (Lipinski definition) is 4. The lowest BCUT2D eigenvalue weighted by molar-refractivity contribution is -0.136. The first-order valence-electron chi connectivity index (χ1n) is 12.9. The maximum absolute atomic E-state index is 13.2. The Labute approximate surface area is 228 Å². The molecule has 1 aromatic heterocycles. The molecular weight excluding hydrogens is 494 g/mol. The molecule has 0 bridgehead atoms. The summed E-state index contributed by atoms with van der Waals surface area (Å²) in [5.41, 5.74) is 7.66. The van der Waals surface area contributed by atoms with E-state index in [0.29, 0.717) is 18.0 Å². The Hall–Kier alpha value is -3.58. The molecule has 0 unspecified atom stereocenters. The van der Waals surface area contributed by atoms with Crippen LogP contribution in [0, 0.1) is 13.8 Å². The number of aromatic nitrogens is 1. The van der Waals surface area contributed by atoms with E-state index in [1.54, 1.807) is 11.0 Å². The van der Waals surface area contributed by atoms with E-state index in [1.807, 2.05) is 38.1 Å². The molecule has 0 radical (unpaired) electrons. The molecule has 7 heteroatoms. The number of amides is 3. The molecule has 0 atom stereocenters. The van der Waals surface area contributed by atoms with Gasteiger partial charge in [-0.3, -0.25) is 19.3 Å². The third kappa shape index (κ3) is 4.95. The topological polar surface area (TPSA) is 62.6 Å².